The van der Waals surface area contributed by atoms with Crippen LogP contribution in [-0.2, 0) is 10.5 Å². The molecule has 4 heteroatoms. The van der Waals surface area contributed by atoms with Crippen LogP contribution in [0.2, 0.25) is 5.02 Å². The monoisotopic (exact) mass is 333 g/mol. The topological polar surface area (TPSA) is 29.1 Å². The molecule has 0 bridgehead atoms. The number of rotatable bonds is 7. The molecule has 22 heavy (non-hydrogen) atoms. The first-order valence-corrected chi connectivity index (χ1v) is 8.82. The Hall–Kier alpha value is -1.45. The molecule has 1 N–H and O–H groups in total. The molecule has 0 aromatic heterocycles. The van der Waals surface area contributed by atoms with E-state index in [9.17, 15) is 4.79 Å². The van der Waals surface area contributed by atoms with Gasteiger partial charge in [-0.15, -0.1) is 11.8 Å². The predicted molar refractivity (Wildman–Crippen MR) is 95.5 cm³/mol. The summed E-state index contributed by atoms with van der Waals surface area (Å²) in [5, 5.41) is 3.73. The Labute approximate surface area is 141 Å². The number of amides is 1. The molecule has 0 unspecified atom stereocenters. The van der Waals surface area contributed by atoms with Crippen LogP contribution in [0.5, 0.6) is 0 Å². The van der Waals surface area contributed by atoms with Gasteiger partial charge in [0, 0.05) is 17.3 Å². The molecule has 0 radical (unpaired) electrons. The van der Waals surface area contributed by atoms with Crippen molar-refractivity contribution >= 4 is 29.3 Å². The number of benzene rings is 2. The lowest BCUT2D eigenvalue weighted by molar-refractivity contribution is -0.118. The minimum absolute atomic E-state index is 0.0849. The summed E-state index contributed by atoms with van der Waals surface area (Å²) in [6, 6.07) is 18.0. The Kier molecular flexibility index (Phi) is 6.81. The Morgan fingerprint density at radius 1 is 1.14 bits per heavy atom. The van der Waals surface area contributed by atoms with Crippen LogP contribution in [0, 0.1) is 0 Å². The molecule has 0 saturated heterocycles. The highest BCUT2D eigenvalue weighted by Crippen LogP contribution is 2.16. The van der Waals surface area contributed by atoms with E-state index in [1.165, 1.54) is 11.1 Å². The first kappa shape index (κ1) is 16.9. The smallest absolute Gasteiger partial charge is 0.230 e. The maximum atomic E-state index is 11.9. The second kappa shape index (κ2) is 8.86. The van der Waals surface area contributed by atoms with Gasteiger partial charge < -0.3 is 5.32 Å². The van der Waals surface area contributed by atoms with Gasteiger partial charge in [-0.05, 0) is 29.2 Å². The van der Waals surface area contributed by atoms with E-state index in [4.69, 9.17) is 11.6 Å². The fourth-order valence-corrected chi connectivity index (χ4v) is 3.00. The molecular formula is C18H20ClNOS. The summed E-state index contributed by atoms with van der Waals surface area (Å²) >= 11 is 7.46. The van der Waals surface area contributed by atoms with Crippen molar-refractivity contribution in [1.82, 2.24) is 5.32 Å². The zero-order valence-corrected chi connectivity index (χ0v) is 14.2. The van der Waals surface area contributed by atoms with E-state index in [0.717, 1.165) is 10.8 Å². The molecule has 0 aliphatic carbocycles. The van der Waals surface area contributed by atoms with Gasteiger partial charge in [-0.25, -0.2) is 0 Å². The third kappa shape index (κ3) is 5.74. The van der Waals surface area contributed by atoms with Gasteiger partial charge in [-0.2, -0.15) is 0 Å². The quantitative estimate of drug-likeness (QED) is 0.808. The van der Waals surface area contributed by atoms with Crippen LogP contribution < -0.4 is 5.32 Å². The highest BCUT2D eigenvalue weighted by atomic mass is 35.5. The van der Waals surface area contributed by atoms with E-state index in [1.54, 1.807) is 11.8 Å². The molecule has 0 heterocycles. The summed E-state index contributed by atoms with van der Waals surface area (Å²) in [5.74, 6) is 1.70. The molecular weight excluding hydrogens is 314 g/mol. The molecule has 2 rings (SSSR count). The van der Waals surface area contributed by atoms with Gasteiger partial charge in [-0.1, -0.05) is 61.0 Å². The Balaban J connectivity index is 1.66. The number of carbonyl (C=O) groups is 1. The lowest BCUT2D eigenvalue weighted by Gasteiger charge is -2.13. The fraction of sp³-hybridized carbons (Fsp3) is 0.278. The first-order chi connectivity index (χ1) is 10.6. The van der Waals surface area contributed by atoms with Crippen LogP contribution in [0.4, 0.5) is 0 Å². The van der Waals surface area contributed by atoms with Crippen LogP contribution >= 0.6 is 23.4 Å². The van der Waals surface area contributed by atoms with Gasteiger partial charge >= 0.3 is 0 Å². The number of hydrogen-bond acceptors (Lipinski definition) is 2. The van der Waals surface area contributed by atoms with Gasteiger partial charge in [0.15, 0.2) is 0 Å². The molecule has 116 valence electrons. The Morgan fingerprint density at radius 2 is 1.82 bits per heavy atom. The lowest BCUT2D eigenvalue weighted by atomic mass is 10.0. The van der Waals surface area contributed by atoms with Gasteiger partial charge in [0.1, 0.15) is 0 Å². The van der Waals surface area contributed by atoms with E-state index in [1.807, 2.05) is 42.5 Å². The maximum Gasteiger partial charge on any atom is 0.230 e. The Bertz CT molecular complexity index is 586. The van der Waals surface area contributed by atoms with E-state index < -0.39 is 0 Å². The number of thioether (sulfide) groups is 1. The summed E-state index contributed by atoms with van der Waals surface area (Å²) in [6.07, 6.45) is 0. The molecule has 1 atom stereocenters. The summed E-state index contributed by atoms with van der Waals surface area (Å²) in [7, 11) is 0. The van der Waals surface area contributed by atoms with Crippen LogP contribution in [0.1, 0.15) is 24.0 Å². The molecule has 0 saturated carbocycles. The molecule has 0 fully saturated rings. The van der Waals surface area contributed by atoms with Crippen molar-refractivity contribution < 1.29 is 4.79 Å². The third-order valence-electron chi connectivity index (χ3n) is 3.39. The average molecular weight is 334 g/mol. The number of halogens is 1. The standard InChI is InChI=1S/C18H20ClNOS/c1-14(16-5-3-2-4-6-16)11-20-18(21)13-22-12-15-7-9-17(19)10-8-15/h2-10,14H,11-13H2,1H3,(H,20,21)/t14-/m0/s1. The van der Waals surface area contributed by atoms with Crippen molar-refractivity contribution in [3.8, 4) is 0 Å². The number of carbonyl (C=O) groups excluding carboxylic acids is 1. The largest absolute Gasteiger partial charge is 0.355 e. The zero-order chi connectivity index (χ0) is 15.8. The molecule has 0 spiro atoms. The SMILES string of the molecule is C[C@@H](CNC(=O)CSCc1ccc(Cl)cc1)c1ccccc1. The van der Waals surface area contributed by atoms with Crippen molar-refractivity contribution in [2.24, 2.45) is 0 Å². The summed E-state index contributed by atoms with van der Waals surface area (Å²) < 4.78 is 0. The Morgan fingerprint density at radius 3 is 2.50 bits per heavy atom. The maximum absolute atomic E-state index is 11.9. The van der Waals surface area contributed by atoms with Gasteiger partial charge in [-0.3, -0.25) is 4.79 Å². The summed E-state index contributed by atoms with van der Waals surface area (Å²) in [4.78, 5) is 11.9. The molecule has 2 aromatic carbocycles. The van der Waals surface area contributed by atoms with Gasteiger partial charge in [0.25, 0.3) is 0 Å². The van der Waals surface area contributed by atoms with Crippen LogP contribution in [-0.4, -0.2) is 18.2 Å². The highest BCUT2D eigenvalue weighted by Gasteiger charge is 2.07. The molecule has 1 amide bonds. The van der Waals surface area contributed by atoms with Crippen LogP contribution in [0.3, 0.4) is 0 Å². The van der Waals surface area contributed by atoms with Gasteiger partial charge in [0.2, 0.25) is 5.91 Å². The van der Waals surface area contributed by atoms with E-state index in [2.05, 4.69) is 24.4 Å². The van der Waals surface area contributed by atoms with E-state index in [0.29, 0.717) is 18.2 Å². The second-order valence-electron chi connectivity index (χ2n) is 5.24. The average Bonchev–Trinajstić information content (AvgIpc) is 2.55. The molecule has 2 aromatic rings. The predicted octanol–water partition coefficient (Wildman–Crippen LogP) is 4.49. The highest BCUT2D eigenvalue weighted by molar-refractivity contribution is 7.99. The van der Waals surface area contributed by atoms with E-state index in [-0.39, 0.29) is 5.91 Å². The van der Waals surface area contributed by atoms with Crippen molar-refractivity contribution in [1.29, 1.82) is 0 Å². The minimum Gasteiger partial charge on any atom is -0.355 e. The van der Waals surface area contributed by atoms with Crippen molar-refractivity contribution in [3.05, 3.63) is 70.7 Å². The third-order valence-corrected chi connectivity index (χ3v) is 4.64. The zero-order valence-electron chi connectivity index (χ0n) is 12.6. The van der Waals surface area contributed by atoms with Crippen molar-refractivity contribution in [3.63, 3.8) is 0 Å². The lowest BCUT2D eigenvalue weighted by Crippen LogP contribution is -2.29. The number of nitrogens with one attached hydrogen (secondary N) is 1. The number of hydrogen-bond donors (Lipinski definition) is 1. The molecule has 2 nitrogen and oxygen atoms in total. The first-order valence-electron chi connectivity index (χ1n) is 7.29. The second-order valence-corrected chi connectivity index (χ2v) is 6.66. The van der Waals surface area contributed by atoms with Crippen molar-refractivity contribution in [2.75, 3.05) is 12.3 Å². The molecule has 0 aliphatic heterocycles. The van der Waals surface area contributed by atoms with Crippen molar-refractivity contribution in [2.45, 2.75) is 18.6 Å². The normalized spacial score (nSPS) is 11.9. The summed E-state index contributed by atoms with van der Waals surface area (Å²) in [6.45, 7) is 2.79. The minimum atomic E-state index is 0.0849. The van der Waals surface area contributed by atoms with Crippen LogP contribution in [0.25, 0.3) is 0 Å². The van der Waals surface area contributed by atoms with Crippen LogP contribution in [0.15, 0.2) is 54.6 Å². The molecule has 0 aliphatic rings. The van der Waals surface area contributed by atoms with E-state index >= 15 is 0 Å². The summed E-state index contributed by atoms with van der Waals surface area (Å²) in [5.41, 5.74) is 2.43. The van der Waals surface area contributed by atoms with Gasteiger partial charge in [0.05, 0.1) is 5.75 Å². The fourth-order valence-electron chi connectivity index (χ4n) is 2.06.